The molecule has 0 unspecified atom stereocenters. The maximum Gasteiger partial charge on any atom is 0.280 e. The Labute approximate surface area is 133 Å². The zero-order valence-electron chi connectivity index (χ0n) is 13.0. The van der Waals surface area contributed by atoms with Gasteiger partial charge in [0.2, 0.25) is 0 Å². The van der Waals surface area contributed by atoms with Crippen molar-refractivity contribution < 1.29 is 9.47 Å². The molecule has 0 N–H and O–H groups in total. The molecule has 1 aliphatic rings. The molecule has 2 heterocycles. The van der Waals surface area contributed by atoms with Crippen molar-refractivity contribution in [3.63, 3.8) is 0 Å². The van der Waals surface area contributed by atoms with Crippen LogP contribution in [-0.2, 0) is 13.0 Å². The van der Waals surface area contributed by atoms with Gasteiger partial charge in [0.1, 0.15) is 5.82 Å². The first-order valence-corrected chi connectivity index (χ1v) is 7.43. The van der Waals surface area contributed by atoms with Crippen molar-refractivity contribution in [2.45, 2.75) is 13.0 Å². The van der Waals surface area contributed by atoms with E-state index < -0.39 is 0 Å². The lowest BCUT2D eigenvalue weighted by molar-refractivity contribution is 0.355. The predicted molar refractivity (Wildman–Crippen MR) is 87.5 cm³/mol. The maximum atomic E-state index is 12.4. The van der Waals surface area contributed by atoms with Gasteiger partial charge in [0.05, 0.1) is 25.1 Å². The van der Waals surface area contributed by atoms with E-state index in [1.807, 2.05) is 18.2 Å². The van der Waals surface area contributed by atoms with Gasteiger partial charge in [-0.25, -0.2) is 0 Å². The average molecular weight is 308 g/mol. The summed E-state index contributed by atoms with van der Waals surface area (Å²) in [5.41, 5.74) is 3.07. The van der Waals surface area contributed by atoms with Crippen LogP contribution in [0.25, 0.3) is 10.9 Å². The molecular formula is C18H16N2O3. The summed E-state index contributed by atoms with van der Waals surface area (Å²) in [7, 11) is 3.15. The Bertz CT molecular complexity index is 976. The quantitative estimate of drug-likeness (QED) is 0.570. The van der Waals surface area contributed by atoms with Gasteiger partial charge >= 0.3 is 0 Å². The minimum atomic E-state index is -0.230. The molecule has 0 atom stereocenters. The highest BCUT2D eigenvalue weighted by molar-refractivity contribution is 5.83. The fourth-order valence-corrected chi connectivity index (χ4v) is 3.18. The highest BCUT2D eigenvalue weighted by Gasteiger charge is 2.20. The van der Waals surface area contributed by atoms with Crippen LogP contribution in [-0.4, -0.2) is 23.8 Å². The molecule has 3 aromatic rings. The summed E-state index contributed by atoms with van der Waals surface area (Å²) in [6.45, 7) is 0.699. The first-order chi connectivity index (χ1) is 11.2. The maximum absolute atomic E-state index is 12.4. The van der Waals surface area contributed by atoms with E-state index in [0.717, 1.165) is 11.3 Å². The smallest absolute Gasteiger partial charge is 0.280 e. The van der Waals surface area contributed by atoms with E-state index in [4.69, 9.17) is 9.47 Å². The Morgan fingerprint density at radius 2 is 1.74 bits per heavy atom. The second-order valence-corrected chi connectivity index (χ2v) is 5.59. The molecule has 23 heavy (non-hydrogen) atoms. The van der Waals surface area contributed by atoms with Crippen LogP contribution in [0.2, 0.25) is 0 Å². The van der Waals surface area contributed by atoms with Gasteiger partial charge in [-0.1, -0.05) is 24.3 Å². The lowest BCUT2D eigenvalue weighted by Crippen LogP contribution is -2.24. The molecule has 0 amide bonds. The molecule has 1 aliphatic heterocycles. The summed E-state index contributed by atoms with van der Waals surface area (Å²) < 4.78 is 12.8. The molecule has 0 radical (unpaired) electrons. The Morgan fingerprint density at radius 3 is 2.48 bits per heavy atom. The van der Waals surface area contributed by atoms with Crippen LogP contribution >= 0.6 is 0 Å². The number of nitrogens with zero attached hydrogens (tertiary/aromatic N) is 2. The largest absolute Gasteiger partial charge is 0.493 e. The summed E-state index contributed by atoms with van der Waals surface area (Å²) in [4.78, 5) is 16.7. The van der Waals surface area contributed by atoms with Crippen molar-refractivity contribution in [2.24, 2.45) is 0 Å². The van der Waals surface area contributed by atoms with E-state index in [-0.39, 0.29) is 5.56 Å². The van der Waals surface area contributed by atoms with Gasteiger partial charge in [-0.05, 0) is 17.2 Å². The predicted octanol–water partition coefficient (Wildman–Crippen LogP) is 2.37. The van der Waals surface area contributed by atoms with E-state index in [1.54, 1.807) is 20.3 Å². The molecule has 5 nitrogen and oxygen atoms in total. The molecule has 0 saturated heterocycles. The van der Waals surface area contributed by atoms with Crippen LogP contribution in [0.15, 0.2) is 41.2 Å². The third kappa shape index (κ3) is 2.08. The van der Waals surface area contributed by atoms with Crippen molar-refractivity contribution in [1.29, 1.82) is 0 Å². The van der Waals surface area contributed by atoms with Crippen LogP contribution in [0.1, 0.15) is 17.0 Å². The molecule has 2 aromatic carbocycles. The topological polar surface area (TPSA) is 53.3 Å². The molecule has 1 aromatic heterocycles. The van der Waals surface area contributed by atoms with Gasteiger partial charge in [-0.2, -0.15) is 4.98 Å². The lowest BCUT2D eigenvalue weighted by Gasteiger charge is -2.23. The lowest BCUT2D eigenvalue weighted by atomic mass is 10.00. The Balaban J connectivity index is 2.01. The second kappa shape index (κ2) is 5.12. The first-order valence-electron chi connectivity index (χ1n) is 7.43. The van der Waals surface area contributed by atoms with E-state index >= 15 is 0 Å². The Kier molecular flexibility index (Phi) is 3.08. The third-order valence-corrected chi connectivity index (χ3v) is 4.36. The molecule has 0 fully saturated rings. The molecule has 4 rings (SSSR count). The van der Waals surface area contributed by atoms with E-state index in [0.29, 0.717) is 29.9 Å². The van der Waals surface area contributed by atoms with Gasteiger partial charge < -0.3 is 14.0 Å². The molecular weight excluding hydrogens is 292 g/mol. The van der Waals surface area contributed by atoms with Gasteiger partial charge in [0.15, 0.2) is 11.5 Å². The Morgan fingerprint density at radius 1 is 1.04 bits per heavy atom. The molecule has 0 aliphatic carbocycles. The third-order valence-electron chi connectivity index (χ3n) is 4.36. The van der Waals surface area contributed by atoms with Crippen molar-refractivity contribution in [3.05, 3.63) is 63.7 Å². The van der Waals surface area contributed by atoms with Crippen LogP contribution in [0.4, 0.5) is 0 Å². The number of methoxy groups -OCH3 is 2. The normalized spacial score (nSPS) is 12.6. The number of aromatic nitrogens is 2. The van der Waals surface area contributed by atoms with Crippen molar-refractivity contribution in [2.75, 3.05) is 14.2 Å². The number of hydrogen-bond acceptors (Lipinski definition) is 4. The SMILES string of the molecule is COc1cc2c(=O)nc3n(c2cc1OC)Cc1ccccc1C3. The van der Waals surface area contributed by atoms with Crippen molar-refractivity contribution in [1.82, 2.24) is 9.55 Å². The van der Waals surface area contributed by atoms with Crippen LogP contribution in [0.5, 0.6) is 11.5 Å². The summed E-state index contributed by atoms with van der Waals surface area (Å²) in [6.07, 6.45) is 0.662. The van der Waals surface area contributed by atoms with Crippen LogP contribution in [0, 0.1) is 0 Å². The fraction of sp³-hybridized carbons (Fsp3) is 0.222. The van der Waals surface area contributed by atoms with Gasteiger partial charge in [0, 0.05) is 19.0 Å². The van der Waals surface area contributed by atoms with Gasteiger partial charge in [0.25, 0.3) is 5.56 Å². The monoisotopic (exact) mass is 308 g/mol. The van der Waals surface area contributed by atoms with Gasteiger partial charge in [-0.3, -0.25) is 4.79 Å². The summed E-state index contributed by atoms with van der Waals surface area (Å²) >= 11 is 0. The number of rotatable bonds is 2. The summed E-state index contributed by atoms with van der Waals surface area (Å²) in [5, 5.41) is 0.547. The first kappa shape index (κ1) is 13.8. The van der Waals surface area contributed by atoms with E-state index in [2.05, 4.69) is 21.7 Å². The van der Waals surface area contributed by atoms with Gasteiger partial charge in [-0.15, -0.1) is 0 Å². The van der Waals surface area contributed by atoms with E-state index in [1.165, 1.54) is 11.1 Å². The fourth-order valence-electron chi connectivity index (χ4n) is 3.18. The molecule has 0 bridgehead atoms. The number of hydrogen-bond donors (Lipinski definition) is 0. The Hall–Kier alpha value is -2.82. The molecule has 5 heteroatoms. The zero-order valence-corrected chi connectivity index (χ0v) is 13.0. The summed E-state index contributed by atoms with van der Waals surface area (Å²) in [5.74, 6) is 1.93. The standard InChI is InChI=1S/C18H16N2O3/c1-22-15-8-13-14(9-16(15)23-2)20-10-12-6-4-3-5-11(12)7-17(20)19-18(13)21/h3-6,8-9H,7,10H2,1-2H3. The number of benzene rings is 2. The molecule has 116 valence electrons. The highest BCUT2D eigenvalue weighted by atomic mass is 16.5. The zero-order chi connectivity index (χ0) is 16.0. The highest BCUT2D eigenvalue weighted by Crippen LogP contribution is 2.32. The molecule has 0 spiro atoms. The molecule has 0 saturated carbocycles. The second-order valence-electron chi connectivity index (χ2n) is 5.59. The van der Waals surface area contributed by atoms with E-state index in [9.17, 15) is 4.79 Å². The number of fused-ring (bicyclic) bond motifs is 4. The van der Waals surface area contributed by atoms with Crippen molar-refractivity contribution >= 4 is 10.9 Å². The minimum Gasteiger partial charge on any atom is -0.493 e. The summed E-state index contributed by atoms with van der Waals surface area (Å²) in [6, 6.07) is 11.8. The van der Waals surface area contributed by atoms with Crippen LogP contribution in [0.3, 0.4) is 0 Å². The van der Waals surface area contributed by atoms with Crippen molar-refractivity contribution in [3.8, 4) is 11.5 Å². The number of ether oxygens (including phenoxy) is 2. The minimum absolute atomic E-state index is 0.230. The van der Waals surface area contributed by atoms with Crippen LogP contribution < -0.4 is 15.0 Å². The average Bonchev–Trinajstić information content (AvgIpc) is 2.59.